The van der Waals surface area contributed by atoms with Gasteiger partial charge in [0.1, 0.15) is 0 Å². The van der Waals surface area contributed by atoms with Crippen LogP contribution >= 0.6 is 11.6 Å². The fourth-order valence-corrected chi connectivity index (χ4v) is 3.66. The lowest BCUT2D eigenvalue weighted by Crippen LogP contribution is -2.47. The van der Waals surface area contributed by atoms with Crippen LogP contribution in [0.3, 0.4) is 0 Å². The van der Waals surface area contributed by atoms with Crippen LogP contribution in [-0.2, 0) is 0 Å². The Bertz CT molecular complexity index is 448. The summed E-state index contributed by atoms with van der Waals surface area (Å²) in [6, 6.07) is 8.64. The van der Waals surface area contributed by atoms with Crippen molar-refractivity contribution in [3.05, 3.63) is 29.3 Å². The molecular formula is C17H25ClN2O. The van der Waals surface area contributed by atoms with Gasteiger partial charge in [-0.3, -0.25) is 0 Å². The molecule has 3 rings (SSSR count). The van der Waals surface area contributed by atoms with Crippen molar-refractivity contribution in [2.75, 3.05) is 24.5 Å². The SMILES string of the molecule is OC1(CNC2CCN(c3ccc(Cl)cc3)CC2)CCCC1. The summed E-state index contributed by atoms with van der Waals surface area (Å²) in [6.45, 7) is 2.90. The number of benzene rings is 1. The van der Waals surface area contributed by atoms with E-state index in [9.17, 15) is 5.11 Å². The van der Waals surface area contributed by atoms with E-state index in [-0.39, 0.29) is 0 Å². The molecule has 1 heterocycles. The van der Waals surface area contributed by atoms with Gasteiger partial charge in [0, 0.05) is 36.4 Å². The van der Waals surface area contributed by atoms with Crippen LogP contribution in [0.1, 0.15) is 38.5 Å². The lowest BCUT2D eigenvalue weighted by atomic mass is 9.99. The predicted octanol–water partition coefficient (Wildman–Crippen LogP) is 3.20. The summed E-state index contributed by atoms with van der Waals surface area (Å²) in [5.41, 5.74) is 0.820. The molecule has 0 aromatic heterocycles. The van der Waals surface area contributed by atoms with Crippen LogP contribution in [0.5, 0.6) is 0 Å². The molecule has 2 N–H and O–H groups in total. The molecule has 0 amide bonds. The average Bonchev–Trinajstić information content (AvgIpc) is 2.94. The minimum Gasteiger partial charge on any atom is -0.389 e. The molecule has 2 aliphatic rings. The van der Waals surface area contributed by atoms with Gasteiger partial charge in [-0.05, 0) is 49.9 Å². The minimum atomic E-state index is -0.437. The maximum absolute atomic E-state index is 10.4. The first-order chi connectivity index (χ1) is 10.1. The van der Waals surface area contributed by atoms with Crippen molar-refractivity contribution in [2.24, 2.45) is 0 Å². The van der Waals surface area contributed by atoms with E-state index in [1.165, 1.54) is 18.5 Å². The highest BCUT2D eigenvalue weighted by molar-refractivity contribution is 6.30. The fraction of sp³-hybridized carbons (Fsp3) is 0.647. The lowest BCUT2D eigenvalue weighted by Gasteiger charge is -2.35. The predicted molar refractivity (Wildman–Crippen MR) is 88.1 cm³/mol. The van der Waals surface area contributed by atoms with Gasteiger partial charge >= 0.3 is 0 Å². The van der Waals surface area contributed by atoms with Gasteiger partial charge < -0.3 is 15.3 Å². The van der Waals surface area contributed by atoms with Crippen LogP contribution < -0.4 is 10.2 Å². The number of hydrogen-bond acceptors (Lipinski definition) is 3. The van der Waals surface area contributed by atoms with E-state index >= 15 is 0 Å². The van der Waals surface area contributed by atoms with Crippen molar-refractivity contribution >= 4 is 17.3 Å². The quantitative estimate of drug-likeness (QED) is 0.896. The van der Waals surface area contributed by atoms with Gasteiger partial charge in [-0.2, -0.15) is 0 Å². The molecule has 0 atom stereocenters. The monoisotopic (exact) mass is 308 g/mol. The Kier molecular flexibility index (Phi) is 4.72. The Labute approximate surface area is 132 Å². The number of aliphatic hydroxyl groups is 1. The normalized spacial score (nSPS) is 22.7. The van der Waals surface area contributed by atoms with Crippen LogP contribution in [-0.4, -0.2) is 36.4 Å². The first-order valence-corrected chi connectivity index (χ1v) is 8.49. The summed E-state index contributed by atoms with van der Waals surface area (Å²) in [4.78, 5) is 2.42. The largest absolute Gasteiger partial charge is 0.389 e. The fourth-order valence-electron chi connectivity index (χ4n) is 3.54. The number of nitrogens with zero attached hydrogens (tertiary/aromatic N) is 1. The molecule has 0 bridgehead atoms. The maximum atomic E-state index is 10.4. The van der Waals surface area contributed by atoms with Crippen molar-refractivity contribution in [3.8, 4) is 0 Å². The second kappa shape index (κ2) is 6.55. The summed E-state index contributed by atoms with van der Waals surface area (Å²) in [5.74, 6) is 0. The van der Waals surface area contributed by atoms with Crippen LogP contribution in [0, 0.1) is 0 Å². The zero-order chi connectivity index (χ0) is 14.7. The summed E-state index contributed by atoms with van der Waals surface area (Å²) in [6.07, 6.45) is 6.55. The molecule has 0 unspecified atom stereocenters. The van der Waals surface area contributed by atoms with Gasteiger partial charge in [-0.15, -0.1) is 0 Å². The Morgan fingerprint density at radius 2 is 1.76 bits per heavy atom. The third-order valence-electron chi connectivity index (χ3n) is 4.94. The highest BCUT2D eigenvalue weighted by atomic mass is 35.5. The van der Waals surface area contributed by atoms with Crippen molar-refractivity contribution < 1.29 is 5.11 Å². The van der Waals surface area contributed by atoms with Crippen LogP contribution in [0.15, 0.2) is 24.3 Å². The zero-order valence-corrected chi connectivity index (χ0v) is 13.3. The molecule has 1 saturated heterocycles. The molecule has 4 heteroatoms. The molecule has 1 aliphatic carbocycles. The van der Waals surface area contributed by atoms with Gasteiger partial charge in [-0.25, -0.2) is 0 Å². The number of rotatable bonds is 4. The van der Waals surface area contributed by atoms with E-state index in [0.717, 1.165) is 50.3 Å². The van der Waals surface area contributed by atoms with Crippen LogP contribution in [0.25, 0.3) is 0 Å². The molecule has 2 fully saturated rings. The van der Waals surface area contributed by atoms with E-state index in [1.807, 2.05) is 12.1 Å². The zero-order valence-electron chi connectivity index (χ0n) is 12.5. The van der Waals surface area contributed by atoms with Crippen LogP contribution in [0.4, 0.5) is 5.69 Å². The molecule has 21 heavy (non-hydrogen) atoms. The van der Waals surface area contributed by atoms with Crippen molar-refractivity contribution in [1.29, 1.82) is 0 Å². The topological polar surface area (TPSA) is 35.5 Å². The van der Waals surface area contributed by atoms with E-state index in [4.69, 9.17) is 11.6 Å². The van der Waals surface area contributed by atoms with Gasteiger partial charge in [0.05, 0.1) is 5.60 Å². The van der Waals surface area contributed by atoms with Crippen LogP contribution in [0.2, 0.25) is 5.02 Å². The van der Waals surface area contributed by atoms with E-state index in [1.54, 1.807) is 0 Å². The summed E-state index contributed by atoms with van der Waals surface area (Å²) >= 11 is 5.94. The molecule has 1 aromatic carbocycles. The average molecular weight is 309 g/mol. The molecular weight excluding hydrogens is 284 g/mol. The minimum absolute atomic E-state index is 0.437. The van der Waals surface area contributed by atoms with Gasteiger partial charge in [0.25, 0.3) is 0 Å². The molecule has 1 aromatic rings. The Hall–Kier alpha value is -0.770. The van der Waals surface area contributed by atoms with Crippen molar-refractivity contribution in [1.82, 2.24) is 5.32 Å². The number of hydrogen-bond donors (Lipinski definition) is 2. The summed E-state index contributed by atoms with van der Waals surface area (Å²) < 4.78 is 0. The Morgan fingerprint density at radius 3 is 2.38 bits per heavy atom. The van der Waals surface area contributed by atoms with Gasteiger partial charge in [0.15, 0.2) is 0 Å². The first-order valence-electron chi connectivity index (χ1n) is 8.11. The number of anilines is 1. The summed E-state index contributed by atoms with van der Waals surface area (Å²) in [7, 11) is 0. The maximum Gasteiger partial charge on any atom is 0.0771 e. The second-order valence-electron chi connectivity index (χ2n) is 6.55. The van der Waals surface area contributed by atoms with Crippen molar-refractivity contribution in [2.45, 2.75) is 50.2 Å². The van der Waals surface area contributed by atoms with Gasteiger partial charge in [-0.1, -0.05) is 24.4 Å². The third kappa shape index (κ3) is 3.91. The number of nitrogens with one attached hydrogen (secondary N) is 1. The number of piperidine rings is 1. The molecule has 3 nitrogen and oxygen atoms in total. The standard InChI is InChI=1S/C17H25ClN2O/c18-14-3-5-16(6-4-14)20-11-7-15(8-12-20)19-13-17(21)9-1-2-10-17/h3-6,15,19,21H,1-2,7-13H2. The highest BCUT2D eigenvalue weighted by Gasteiger charge is 2.31. The summed E-state index contributed by atoms with van der Waals surface area (Å²) in [5, 5.41) is 14.8. The molecule has 0 spiro atoms. The molecule has 1 aliphatic heterocycles. The Balaban J connectivity index is 1.45. The smallest absolute Gasteiger partial charge is 0.0771 e. The third-order valence-corrected chi connectivity index (χ3v) is 5.19. The highest BCUT2D eigenvalue weighted by Crippen LogP contribution is 2.29. The second-order valence-corrected chi connectivity index (χ2v) is 6.99. The molecule has 1 saturated carbocycles. The molecule has 0 radical (unpaired) electrons. The number of halogens is 1. The Morgan fingerprint density at radius 1 is 1.14 bits per heavy atom. The van der Waals surface area contributed by atoms with Gasteiger partial charge in [0.2, 0.25) is 0 Å². The molecule has 116 valence electrons. The lowest BCUT2D eigenvalue weighted by molar-refractivity contribution is 0.0439. The van der Waals surface area contributed by atoms with Crippen molar-refractivity contribution in [3.63, 3.8) is 0 Å². The van der Waals surface area contributed by atoms with E-state index < -0.39 is 5.60 Å². The first kappa shape index (κ1) is 15.1. The van der Waals surface area contributed by atoms with E-state index in [0.29, 0.717) is 6.04 Å². The van der Waals surface area contributed by atoms with E-state index in [2.05, 4.69) is 22.3 Å².